The molecule has 0 fully saturated rings. The smallest absolute Gasteiger partial charge is 0.251 e. The molecule has 0 atom stereocenters. The van der Waals surface area contributed by atoms with Gasteiger partial charge < -0.3 is 15.4 Å². The number of aryl methyl sites for hydroxylation is 1. The lowest BCUT2D eigenvalue weighted by molar-refractivity contribution is -0.120. The van der Waals surface area contributed by atoms with Crippen LogP contribution >= 0.6 is 0 Å². The maximum Gasteiger partial charge on any atom is 0.251 e. The van der Waals surface area contributed by atoms with E-state index in [2.05, 4.69) is 10.6 Å². The van der Waals surface area contributed by atoms with E-state index in [-0.39, 0.29) is 22.9 Å². The Bertz CT molecular complexity index is 990. The number of ether oxygens (including phenoxy) is 1. The van der Waals surface area contributed by atoms with Crippen molar-refractivity contribution in [3.63, 3.8) is 0 Å². The Hall–Kier alpha value is -2.91. The summed E-state index contributed by atoms with van der Waals surface area (Å²) in [4.78, 5) is 24.2. The van der Waals surface area contributed by atoms with Crippen molar-refractivity contribution in [2.24, 2.45) is 0 Å². The molecule has 0 aromatic heterocycles. The second-order valence-corrected chi connectivity index (χ2v) is 9.02. The number of hydrogen-bond acceptors (Lipinski definition) is 5. The third kappa shape index (κ3) is 6.85. The molecule has 0 saturated heterocycles. The average molecular weight is 434 g/mol. The summed E-state index contributed by atoms with van der Waals surface area (Å²) in [6.07, 6.45) is 0.623. The Kier molecular flexibility index (Phi) is 8.37. The van der Waals surface area contributed by atoms with Gasteiger partial charge in [-0.15, -0.1) is 0 Å². The number of amides is 2. The van der Waals surface area contributed by atoms with Crippen LogP contribution in [0.25, 0.3) is 0 Å². The minimum atomic E-state index is -3.64. The summed E-state index contributed by atoms with van der Waals surface area (Å²) in [6.45, 7) is 2.65. The molecule has 2 amide bonds. The predicted octanol–water partition coefficient (Wildman–Crippen LogP) is 1.56. The van der Waals surface area contributed by atoms with E-state index in [9.17, 15) is 18.0 Å². The van der Waals surface area contributed by atoms with Crippen molar-refractivity contribution in [1.82, 2.24) is 14.9 Å². The molecule has 0 aliphatic heterocycles. The maximum atomic E-state index is 12.2. The molecule has 0 spiro atoms. The molecule has 0 aliphatic rings. The van der Waals surface area contributed by atoms with Crippen molar-refractivity contribution in [2.75, 3.05) is 33.8 Å². The normalized spacial score (nSPS) is 11.2. The Labute approximate surface area is 177 Å². The van der Waals surface area contributed by atoms with Crippen molar-refractivity contribution >= 4 is 21.8 Å². The molecular weight excluding hydrogens is 406 g/mol. The first-order chi connectivity index (χ1) is 14.2. The third-order valence-corrected chi connectivity index (χ3v) is 6.00. The van der Waals surface area contributed by atoms with Gasteiger partial charge in [0.1, 0.15) is 5.75 Å². The Morgan fingerprint density at radius 3 is 2.47 bits per heavy atom. The van der Waals surface area contributed by atoms with Crippen LogP contribution in [0.2, 0.25) is 0 Å². The van der Waals surface area contributed by atoms with Gasteiger partial charge >= 0.3 is 0 Å². The van der Waals surface area contributed by atoms with E-state index in [0.717, 1.165) is 15.6 Å². The first-order valence-electron chi connectivity index (χ1n) is 9.47. The standard InChI is InChI=1S/C21H27N3O5S/c1-16-7-4-9-18(13-16)29-12-6-11-22-20(25)15-23-21(26)17-8-5-10-19(14-17)30(27,28)24(2)3/h4-5,7-10,13-14H,6,11-12,15H2,1-3H3,(H,22,25)(H,23,26). The molecule has 2 rings (SSSR count). The molecule has 0 saturated carbocycles. The molecule has 8 nitrogen and oxygen atoms in total. The van der Waals surface area contributed by atoms with Crippen molar-refractivity contribution < 1.29 is 22.7 Å². The van der Waals surface area contributed by atoms with Crippen LogP contribution in [-0.4, -0.2) is 58.3 Å². The van der Waals surface area contributed by atoms with Crippen LogP contribution in [0.15, 0.2) is 53.4 Å². The second kappa shape index (κ2) is 10.7. The van der Waals surface area contributed by atoms with Crippen LogP contribution in [0.5, 0.6) is 5.75 Å². The number of nitrogens with one attached hydrogen (secondary N) is 2. The number of carbonyl (C=O) groups excluding carboxylic acids is 2. The SMILES string of the molecule is Cc1cccc(OCCCNC(=O)CNC(=O)c2cccc(S(=O)(=O)N(C)C)c2)c1. The van der Waals surface area contributed by atoms with Gasteiger partial charge in [0.05, 0.1) is 18.0 Å². The van der Waals surface area contributed by atoms with Crippen LogP contribution in [0.3, 0.4) is 0 Å². The molecule has 2 N–H and O–H groups in total. The first kappa shape index (κ1) is 23.4. The quantitative estimate of drug-likeness (QED) is 0.554. The molecule has 0 aliphatic carbocycles. The molecule has 30 heavy (non-hydrogen) atoms. The lowest BCUT2D eigenvalue weighted by Crippen LogP contribution is -2.37. The highest BCUT2D eigenvalue weighted by molar-refractivity contribution is 7.89. The zero-order valence-electron chi connectivity index (χ0n) is 17.3. The molecule has 0 unspecified atom stereocenters. The van der Waals surface area contributed by atoms with E-state index in [0.29, 0.717) is 19.6 Å². The highest BCUT2D eigenvalue weighted by Gasteiger charge is 2.18. The number of sulfonamides is 1. The number of benzene rings is 2. The third-order valence-electron chi connectivity index (χ3n) is 4.19. The van der Waals surface area contributed by atoms with E-state index in [1.807, 2.05) is 31.2 Å². The van der Waals surface area contributed by atoms with E-state index >= 15 is 0 Å². The van der Waals surface area contributed by atoms with Gasteiger partial charge in [-0.2, -0.15) is 0 Å². The van der Waals surface area contributed by atoms with Gasteiger partial charge in [-0.3, -0.25) is 9.59 Å². The Morgan fingerprint density at radius 1 is 1.03 bits per heavy atom. The fraction of sp³-hybridized carbons (Fsp3) is 0.333. The first-order valence-corrected chi connectivity index (χ1v) is 10.9. The fourth-order valence-electron chi connectivity index (χ4n) is 2.53. The van der Waals surface area contributed by atoms with E-state index in [1.54, 1.807) is 0 Å². The summed E-state index contributed by atoms with van der Waals surface area (Å²) < 4.78 is 31.0. The minimum absolute atomic E-state index is 0.0122. The minimum Gasteiger partial charge on any atom is -0.494 e. The van der Waals surface area contributed by atoms with Crippen LogP contribution in [0.1, 0.15) is 22.3 Å². The predicted molar refractivity (Wildman–Crippen MR) is 114 cm³/mol. The number of carbonyl (C=O) groups is 2. The molecule has 9 heteroatoms. The number of rotatable bonds is 10. The van der Waals surface area contributed by atoms with Gasteiger partial charge in [-0.1, -0.05) is 18.2 Å². The number of hydrogen-bond donors (Lipinski definition) is 2. The molecule has 2 aromatic carbocycles. The monoisotopic (exact) mass is 433 g/mol. The summed E-state index contributed by atoms with van der Waals surface area (Å²) in [6, 6.07) is 13.4. The highest BCUT2D eigenvalue weighted by atomic mass is 32.2. The van der Waals surface area contributed by atoms with E-state index in [4.69, 9.17) is 4.74 Å². The lowest BCUT2D eigenvalue weighted by atomic mass is 10.2. The molecule has 0 bridgehead atoms. The van der Waals surface area contributed by atoms with Crippen LogP contribution in [0.4, 0.5) is 0 Å². The average Bonchev–Trinajstić information content (AvgIpc) is 2.71. The van der Waals surface area contributed by atoms with Crippen molar-refractivity contribution in [1.29, 1.82) is 0 Å². The van der Waals surface area contributed by atoms with Gasteiger partial charge in [-0.25, -0.2) is 12.7 Å². The van der Waals surface area contributed by atoms with Crippen molar-refractivity contribution in [2.45, 2.75) is 18.2 Å². The van der Waals surface area contributed by atoms with Gasteiger partial charge in [0.15, 0.2) is 0 Å². The molecule has 2 aromatic rings. The lowest BCUT2D eigenvalue weighted by Gasteiger charge is -2.12. The Morgan fingerprint density at radius 2 is 1.77 bits per heavy atom. The van der Waals surface area contributed by atoms with Crippen molar-refractivity contribution in [3.8, 4) is 5.75 Å². The molecular formula is C21H27N3O5S. The van der Waals surface area contributed by atoms with Gasteiger partial charge in [-0.05, 0) is 49.2 Å². The largest absolute Gasteiger partial charge is 0.494 e. The highest BCUT2D eigenvalue weighted by Crippen LogP contribution is 2.15. The second-order valence-electron chi connectivity index (χ2n) is 6.87. The maximum absolute atomic E-state index is 12.2. The van der Waals surface area contributed by atoms with E-state index < -0.39 is 15.9 Å². The van der Waals surface area contributed by atoms with Gasteiger partial charge in [0, 0.05) is 26.2 Å². The summed E-state index contributed by atoms with van der Waals surface area (Å²) >= 11 is 0. The summed E-state index contributed by atoms with van der Waals surface area (Å²) in [5, 5.41) is 5.19. The Balaban J connectivity index is 1.73. The summed E-state index contributed by atoms with van der Waals surface area (Å²) in [7, 11) is -0.812. The van der Waals surface area contributed by atoms with Crippen LogP contribution in [0, 0.1) is 6.92 Å². The number of nitrogens with zero attached hydrogens (tertiary/aromatic N) is 1. The van der Waals surface area contributed by atoms with Gasteiger partial charge in [0.2, 0.25) is 15.9 Å². The zero-order valence-corrected chi connectivity index (χ0v) is 18.2. The topological polar surface area (TPSA) is 105 Å². The van der Waals surface area contributed by atoms with Crippen LogP contribution in [-0.2, 0) is 14.8 Å². The van der Waals surface area contributed by atoms with Crippen molar-refractivity contribution in [3.05, 3.63) is 59.7 Å². The summed E-state index contributed by atoms with van der Waals surface area (Å²) in [5.41, 5.74) is 1.28. The van der Waals surface area contributed by atoms with Crippen LogP contribution < -0.4 is 15.4 Å². The summed E-state index contributed by atoms with van der Waals surface area (Å²) in [5.74, 6) is -0.0770. The molecule has 162 valence electrons. The van der Waals surface area contributed by atoms with E-state index in [1.165, 1.54) is 38.4 Å². The molecule has 0 heterocycles. The molecule has 0 radical (unpaired) electrons. The van der Waals surface area contributed by atoms with Gasteiger partial charge in [0.25, 0.3) is 5.91 Å². The zero-order chi connectivity index (χ0) is 22.1. The fourth-order valence-corrected chi connectivity index (χ4v) is 3.48.